The Morgan fingerprint density at radius 3 is 0.857 bits per heavy atom. The standard InChI is InChI=1S/C24H41N4O7/c1-24(2,3)20(29)16-25-4-7-26(8-5-25,17-21(30)31)10-13-28(19-23(34)35)14-11-27(9-6-25,12-15-28)18-22(32)33/h4-19H2,1-3H3/q+1/p+3. The third-order valence-electron chi connectivity index (χ3n) is 9.02. The second-order valence-corrected chi connectivity index (χ2v) is 12.5. The molecule has 6 saturated heterocycles. The smallest absolute Gasteiger partial charge is 0.359 e. The van der Waals surface area contributed by atoms with E-state index in [9.17, 15) is 34.5 Å². The Balaban J connectivity index is 1.98. The van der Waals surface area contributed by atoms with Gasteiger partial charge in [-0.15, -0.1) is 0 Å². The van der Waals surface area contributed by atoms with E-state index in [1.54, 1.807) is 0 Å². The zero-order chi connectivity index (χ0) is 26.1. The van der Waals surface area contributed by atoms with Gasteiger partial charge in [0, 0.05) is 5.41 Å². The molecular formula is C24H44N4O7+4. The first-order valence-corrected chi connectivity index (χ1v) is 12.7. The van der Waals surface area contributed by atoms with Gasteiger partial charge in [0.1, 0.15) is 85.1 Å². The van der Waals surface area contributed by atoms with Crippen LogP contribution in [-0.2, 0) is 19.2 Å². The molecule has 198 valence electrons. The minimum atomic E-state index is -0.880. The number of piperazine rings is 2. The van der Waals surface area contributed by atoms with E-state index in [4.69, 9.17) is 0 Å². The van der Waals surface area contributed by atoms with Gasteiger partial charge in [-0.2, -0.15) is 0 Å². The van der Waals surface area contributed by atoms with Crippen LogP contribution in [0, 0.1) is 5.41 Å². The van der Waals surface area contributed by atoms with Crippen LogP contribution in [0.25, 0.3) is 0 Å². The molecule has 11 heteroatoms. The van der Waals surface area contributed by atoms with Gasteiger partial charge in [0.25, 0.3) is 0 Å². The SMILES string of the molecule is CC(C)(C)C(=O)C[N+]12CC[N+]3(CC(=O)O)CC[N+](CC(=O)O)(CC3)CC[N+](CC(=O)O)(CC1)CC2. The molecule has 6 fully saturated rings. The van der Waals surface area contributed by atoms with Crippen molar-refractivity contribution in [2.45, 2.75) is 20.8 Å². The highest BCUT2D eigenvalue weighted by molar-refractivity contribution is 5.84. The monoisotopic (exact) mass is 500 g/mol. The third kappa shape index (κ3) is 6.58. The van der Waals surface area contributed by atoms with Gasteiger partial charge in [-0.05, 0) is 0 Å². The molecule has 0 saturated carbocycles. The summed E-state index contributed by atoms with van der Waals surface area (Å²) in [4.78, 5) is 48.6. The lowest BCUT2D eigenvalue weighted by Gasteiger charge is -2.54. The lowest BCUT2D eigenvalue weighted by atomic mass is 9.89. The number of carboxylic acid groups (broad SMARTS) is 3. The third-order valence-corrected chi connectivity index (χ3v) is 9.02. The summed E-state index contributed by atoms with van der Waals surface area (Å²) in [6.07, 6.45) is 0. The number of ketones is 1. The maximum Gasteiger partial charge on any atom is 0.359 e. The molecule has 0 aromatic rings. The number of hydrogen-bond acceptors (Lipinski definition) is 4. The van der Waals surface area contributed by atoms with E-state index in [1.165, 1.54) is 0 Å². The lowest BCUT2D eigenvalue weighted by molar-refractivity contribution is -1.07. The summed E-state index contributed by atoms with van der Waals surface area (Å²) in [5, 5.41) is 29.1. The van der Waals surface area contributed by atoms with Gasteiger partial charge in [0.05, 0.1) is 0 Å². The molecule has 0 spiro atoms. The van der Waals surface area contributed by atoms with E-state index >= 15 is 0 Å². The van der Waals surface area contributed by atoms with Crippen LogP contribution in [0.1, 0.15) is 20.8 Å². The average Bonchev–Trinajstić information content (AvgIpc) is 2.72. The molecular weight excluding hydrogens is 456 g/mol. The van der Waals surface area contributed by atoms with Crippen LogP contribution in [-0.4, -0.2) is 162 Å². The summed E-state index contributed by atoms with van der Waals surface area (Å²) in [6.45, 7) is 13.4. The van der Waals surface area contributed by atoms with Crippen LogP contribution in [0.4, 0.5) is 0 Å². The number of nitrogens with zero attached hydrogens (tertiary/aromatic N) is 4. The normalized spacial score (nSPS) is 35.6. The van der Waals surface area contributed by atoms with Gasteiger partial charge >= 0.3 is 17.9 Å². The van der Waals surface area contributed by atoms with Crippen LogP contribution in [0.2, 0.25) is 0 Å². The van der Waals surface area contributed by atoms with E-state index in [0.29, 0.717) is 103 Å². The van der Waals surface area contributed by atoms with Crippen molar-refractivity contribution in [3.63, 3.8) is 0 Å². The fraction of sp³-hybridized carbons (Fsp3) is 0.833. The number of quaternary nitrogens is 4. The molecule has 6 heterocycles. The number of carboxylic acids is 3. The summed E-state index contributed by atoms with van der Waals surface area (Å²) in [5.74, 6) is -2.43. The van der Waals surface area contributed by atoms with Gasteiger partial charge in [-0.3, -0.25) is 4.79 Å². The molecule has 6 aliphatic heterocycles. The molecule has 11 nitrogen and oxygen atoms in total. The maximum atomic E-state index is 13.1. The molecule has 0 aromatic carbocycles. The van der Waals surface area contributed by atoms with E-state index in [1.807, 2.05) is 20.8 Å². The first-order valence-electron chi connectivity index (χ1n) is 12.7. The molecule has 0 aliphatic carbocycles. The largest absolute Gasteiger partial charge is 0.477 e. The second-order valence-electron chi connectivity index (χ2n) is 12.5. The van der Waals surface area contributed by atoms with Gasteiger partial charge in [0.15, 0.2) is 25.4 Å². The first kappa shape index (κ1) is 27.5. The van der Waals surface area contributed by atoms with Gasteiger partial charge < -0.3 is 33.3 Å². The highest BCUT2D eigenvalue weighted by Crippen LogP contribution is 2.28. The summed E-state index contributed by atoms with van der Waals surface area (Å²) in [6, 6.07) is 0. The number of carbonyl (C=O) groups is 4. The predicted octanol–water partition coefficient (Wildman–Crippen LogP) is -0.837. The number of Topliss-reactive ketones (excluding diaryl/α,β-unsaturated/α-hetero) is 1. The molecule has 4 bridgehead atoms. The Hall–Kier alpha value is -2.08. The zero-order valence-corrected chi connectivity index (χ0v) is 21.6. The highest BCUT2D eigenvalue weighted by atomic mass is 16.4. The molecule has 0 unspecified atom stereocenters. The van der Waals surface area contributed by atoms with E-state index in [2.05, 4.69) is 0 Å². The second kappa shape index (κ2) is 9.76. The van der Waals surface area contributed by atoms with Crippen molar-refractivity contribution in [2.24, 2.45) is 5.41 Å². The fourth-order valence-corrected chi connectivity index (χ4v) is 6.24. The van der Waals surface area contributed by atoms with Crippen LogP contribution in [0.3, 0.4) is 0 Å². The summed E-state index contributed by atoms with van der Waals surface area (Å²) in [7, 11) is 0. The van der Waals surface area contributed by atoms with E-state index in [0.717, 1.165) is 0 Å². The number of hydrogen-bond donors (Lipinski definition) is 3. The van der Waals surface area contributed by atoms with Crippen molar-refractivity contribution < 1.29 is 52.4 Å². The van der Waals surface area contributed by atoms with Crippen LogP contribution >= 0.6 is 0 Å². The molecule has 0 radical (unpaired) electrons. The Labute approximate surface area is 207 Å². The Bertz CT molecular complexity index is 836. The number of rotatable bonds is 8. The van der Waals surface area contributed by atoms with Gasteiger partial charge in [-0.25, -0.2) is 14.4 Å². The molecule has 6 rings (SSSR count). The van der Waals surface area contributed by atoms with E-state index in [-0.39, 0.29) is 25.4 Å². The minimum absolute atomic E-state index is 0.000692. The molecule has 0 amide bonds. The molecule has 6 aliphatic rings. The highest BCUT2D eigenvalue weighted by Gasteiger charge is 2.52. The average molecular weight is 501 g/mol. The minimum Gasteiger partial charge on any atom is -0.477 e. The van der Waals surface area contributed by atoms with Gasteiger partial charge in [-0.1, -0.05) is 20.8 Å². The van der Waals surface area contributed by atoms with Crippen molar-refractivity contribution in [3.05, 3.63) is 0 Å². The topological polar surface area (TPSA) is 129 Å². The van der Waals surface area contributed by atoms with Crippen molar-refractivity contribution >= 4 is 23.7 Å². The van der Waals surface area contributed by atoms with Crippen molar-refractivity contribution in [1.82, 2.24) is 0 Å². The quantitative estimate of drug-likeness (QED) is 0.371. The number of aliphatic carboxylic acids is 3. The molecule has 0 atom stereocenters. The van der Waals surface area contributed by atoms with Crippen LogP contribution in [0.5, 0.6) is 0 Å². The van der Waals surface area contributed by atoms with Crippen molar-refractivity contribution in [3.8, 4) is 0 Å². The summed E-state index contributed by atoms with van der Waals surface area (Å²) < 4.78 is 1.77. The maximum absolute atomic E-state index is 13.1. The van der Waals surface area contributed by atoms with Crippen molar-refractivity contribution in [2.75, 3.05) is 105 Å². The summed E-state index contributed by atoms with van der Waals surface area (Å²) >= 11 is 0. The van der Waals surface area contributed by atoms with Crippen LogP contribution < -0.4 is 0 Å². The summed E-state index contributed by atoms with van der Waals surface area (Å²) in [5.41, 5.74) is -0.479. The van der Waals surface area contributed by atoms with E-state index < -0.39 is 23.3 Å². The first-order chi connectivity index (χ1) is 16.1. The Kier molecular flexibility index (Phi) is 7.67. The Morgan fingerprint density at radius 1 is 0.486 bits per heavy atom. The van der Waals surface area contributed by atoms with Crippen molar-refractivity contribution in [1.29, 1.82) is 0 Å². The fourth-order valence-electron chi connectivity index (χ4n) is 6.24. The zero-order valence-electron chi connectivity index (χ0n) is 21.6. The Morgan fingerprint density at radius 2 is 0.686 bits per heavy atom. The molecule has 0 aromatic heterocycles. The van der Waals surface area contributed by atoms with Crippen LogP contribution in [0.15, 0.2) is 0 Å². The molecule has 35 heavy (non-hydrogen) atoms. The number of carbonyl (C=O) groups excluding carboxylic acids is 1. The predicted molar refractivity (Wildman–Crippen MR) is 126 cm³/mol. The molecule has 3 N–H and O–H groups in total. The lowest BCUT2D eigenvalue weighted by Crippen LogP contribution is -2.76. The van der Waals surface area contributed by atoms with Gasteiger partial charge in [0.2, 0.25) is 0 Å².